The lowest BCUT2D eigenvalue weighted by molar-refractivity contribution is -0.0331. The zero-order valence-electron chi connectivity index (χ0n) is 21.7. The van der Waals surface area contributed by atoms with Crippen molar-refractivity contribution < 1.29 is 38.8 Å². The minimum atomic E-state index is -4.77. The van der Waals surface area contributed by atoms with E-state index in [4.69, 9.17) is 26.1 Å². The van der Waals surface area contributed by atoms with E-state index in [1.165, 1.54) is 35.7 Å². The molecule has 5 atom stereocenters. The number of fused-ring (bicyclic) bond motifs is 1. The first-order chi connectivity index (χ1) is 18.9. The van der Waals surface area contributed by atoms with Gasteiger partial charge in [-0.2, -0.15) is 9.97 Å². The van der Waals surface area contributed by atoms with Crippen molar-refractivity contribution in [3.05, 3.63) is 41.4 Å². The average Bonchev–Trinajstić information content (AvgIpc) is 3.41. The van der Waals surface area contributed by atoms with E-state index in [0.717, 1.165) is 18.5 Å². The Morgan fingerprint density at radius 1 is 1.05 bits per heavy atom. The average molecular weight is 619 g/mol. The third-order valence-electron chi connectivity index (χ3n) is 6.46. The Bertz CT molecular complexity index is 1400. The second-order valence-electron chi connectivity index (χ2n) is 9.71. The van der Waals surface area contributed by atoms with Crippen LogP contribution in [0.5, 0.6) is 0 Å². The van der Waals surface area contributed by atoms with Gasteiger partial charge in [0.25, 0.3) is 7.52 Å². The monoisotopic (exact) mass is 618 g/mol. The molecule has 4 rings (SSSR count). The molecule has 3 aromatic rings. The van der Waals surface area contributed by atoms with Crippen LogP contribution in [-0.2, 0) is 20.3 Å². The molecule has 0 bridgehead atoms. The fourth-order valence-electron chi connectivity index (χ4n) is 4.47. The predicted molar refractivity (Wildman–Crippen MR) is 149 cm³/mol. The first-order valence-corrected chi connectivity index (χ1v) is 16.8. The molecule has 1 saturated heterocycles. The Labute approximate surface area is 235 Å². The second kappa shape index (κ2) is 12.9. The van der Waals surface area contributed by atoms with Gasteiger partial charge in [0.05, 0.1) is 6.33 Å². The van der Waals surface area contributed by atoms with Gasteiger partial charge >= 0.3 is 7.60 Å². The molecule has 1 aromatic carbocycles. The molecule has 17 heteroatoms. The Balaban J connectivity index is 1.48. The number of anilines is 2. The molecule has 220 valence electrons. The highest BCUT2D eigenvalue weighted by Gasteiger charge is 2.45. The molecule has 3 heterocycles. The van der Waals surface area contributed by atoms with Crippen LogP contribution >= 0.6 is 26.7 Å². The van der Waals surface area contributed by atoms with Gasteiger partial charge in [-0.15, -0.1) is 0 Å². The summed E-state index contributed by atoms with van der Waals surface area (Å²) in [5.41, 5.74) is 2.51. The summed E-state index contributed by atoms with van der Waals surface area (Å²) < 4.78 is 30.3. The van der Waals surface area contributed by atoms with E-state index in [2.05, 4.69) is 32.3 Å². The number of aromatic nitrogens is 4. The zero-order chi connectivity index (χ0) is 29.1. The minimum absolute atomic E-state index is 0.103. The van der Waals surface area contributed by atoms with E-state index >= 15 is 0 Å². The lowest BCUT2D eigenvalue weighted by Crippen LogP contribution is -2.37. The van der Waals surface area contributed by atoms with Crippen LogP contribution in [0.4, 0.5) is 11.5 Å². The van der Waals surface area contributed by atoms with Gasteiger partial charge in [-0.25, -0.2) is 10.1 Å². The number of nitrogens with one attached hydrogen (secondary N) is 2. The molecule has 0 saturated carbocycles. The molecule has 1 aliphatic heterocycles. The minimum Gasteiger partial charge on any atom is -0.387 e. The topological polar surface area (TPSA) is 212 Å². The molecular weight excluding hydrogens is 586 g/mol. The van der Waals surface area contributed by atoms with Crippen LogP contribution in [0.25, 0.3) is 11.2 Å². The van der Waals surface area contributed by atoms with Gasteiger partial charge in [0.2, 0.25) is 5.28 Å². The van der Waals surface area contributed by atoms with Crippen molar-refractivity contribution in [3.63, 3.8) is 0 Å². The summed E-state index contributed by atoms with van der Waals surface area (Å²) >= 11 is 6.19. The van der Waals surface area contributed by atoms with Crippen molar-refractivity contribution in [3.8, 4) is 0 Å². The molecule has 1 fully saturated rings. The maximum absolute atomic E-state index is 12.1. The number of ether oxygens (including phenoxy) is 1. The standard InChI is InChI=1S/C23H33ClN6O8P2/c1-2-3-4-5-6-14-7-9-15(10-8-14)27-20-17-21(29-23(24)28-20)30(12-25-17)22-19(32)18(31)16(38-22)11-26-39(33,34)13-40(35,36)37/h7-10,12,16,18-19,22,31-32H,2-6,11,13H2,1H3,(H2,26,33,34)(H,27,28,29)(H2,35,36,37). The lowest BCUT2D eigenvalue weighted by atomic mass is 10.1. The van der Waals surface area contributed by atoms with E-state index in [1.807, 2.05) is 24.3 Å². The van der Waals surface area contributed by atoms with E-state index in [1.54, 1.807) is 0 Å². The molecule has 0 radical (unpaired) electrons. The number of aryl methyl sites for hydroxylation is 1. The number of aliphatic hydroxyl groups excluding tert-OH is 2. The van der Waals surface area contributed by atoms with Crippen molar-refractivity contribution >= 4 is 49.4 Å². The highest BCUT2D eigenvalue weighted by atomic mass is 35.5. The van der Waals surface area contributed by atoms with E-state index < -0.39 is 52.1 Å². The predicted octanol–water partition coefficient (Wildman–Crippen LogP) is 2.88. The van der Waals surface area contributed by atoms with Crippen LogP contribution in [0.2, 0.25) is 5.28 Å². The molecule has 14 nitrogen and oxygen atoms in total. The van der Waals surface area contributed by atoms with Crippen LogP contribution in [0, 0.1) is 0 Å². The summed E-state index contributed by atoms with van der Waals surface area (Å²) in [5.74, 6) is -0.970. The number of hydrogen-bond acceptors (Lipinski definition) is 9. The van der Waals surface area contributed by atoms with Crippen LogP contribution in [0.15, 0.2) is 30.6 Å². The van der Waals surface area contributed by atoms with Gasteiger partial charge in [-0.1, -0.05) is 38.3 Å². The molecule has 0 aliphatic carbocycles. The summed E-state index contributed by atoms with van der Waals surface area (Å²) in [5, 5.41) is 26.4. The first kappa shape index (κ1) is 31.0. The third-order valence-corrected chi connectivity index (χ3v) is 10.3. The maximum Gasteiger partial charge on any atom is 0.336 e. The van der Waals surface area contributed by atoms with Crippen LogP contribution < -0.4 is 10.4 Å². The Morgan fingerprint density at radius 2 is 1.77 bits per heavy atom. The van der Waals surface area contributed by atoms with Gasteiger partial charge in [0, 0.05) is 12.2 Å². The highest BCUT2D eigenvalue weighted by molar-refractivity contribution is 7.71. The SMILES string of the molecule is CCCCCCc1ccc(Nc2nc(Cl)nc3c2ncn3C2OC(CNP(=O)(O)CP(=O)(O)O)C(O)C2O)cc1. The highest BCUT2D eigenvalue weighted by Crippen LogP contribution is 2.52. The fourth-order valence-corrected chi connectivity index (χ4v) is 7.50. The molecule has 2 aromatic heterocycles. The third kappa shape index (κ3) is 7.86. The number of halogens is 1. The summed E-state index contributed by atoms with van der Waals surface area (Å²) in [7, 11) is -9.21. The van der Waals surface area contributed by atoms with Gasteiger partial charge in [0.15, 0.2) is 23.2 Å². The number of aliphatic hydroxyl groups is 2. The summed E-state index contributed by atoms with van der Waals surface area (Å²) in [6, 6.07) is 7.93. The second-order valence-corrected chi connectivity index (χ2v) is 14.2. The molecular formula is C23H33ClN6O8P2. The number of rotatable bonds is 13. The van der Waals surface area contributed by atoms with Crippen molar-refractivity contribution in [2.45, 2.75) is 63.6 Å². The van der Waals surface area contributed by atoms with Crippen molar-refractivity contribution in [2.75, 3.05) is 17.8 Å². The zero-order valence-corrected chi connectivity index (χ0v) is 24.2. The Hall–Kier alpha value is -1.96. The number of hydrogen-bond donors (Lipinski definition) is 7. The molecule has 1 aliphatic rings. The van der Waals surface area contributed by atoms with Crippen LogP contribution in [0.3, 0.4) is 0 Å². The van der Waals surface area contributed by atoms with Gasteiger partial charge < -0.3 is 34.9 Å². The van der Waals surface area contributed by atoms with E-state index in [-0.39, 0.29) is 10.9 Å². The normalized spacial score (nSPS) is 23.0. The van der Waals surface area contributed by atoms with Crippen molar-refractivity contribution in [1.29, 1.82) is 0 Å². The molecule has 40 heavy (non-hydrogen) atoms. The molecule has 7 N–H and O–H groups in total. The molecule has 0 spiro atoms. The van der Waals surface area contributed by atoms with Crippen LogP contribution in [0.1, 0.15) is 44.4 Å². The quantitative estimate of drug-likeness (QED) is 0.0835. The van der Waals surface area contributed by atoms with Crippen molar-refractivity contribution in [1.82, 2.24) is 24.6 Å². The largest absolute Gasteiger partial charge is 0.387 e. The maximum atomic E-state index is 12.1. The van der Waals surface area contributed by atoms with E-state index in [0.29, 0.717) is 11.3 Å². The number of benzene rings is 1. The van der Waals surface area contributed by atoms with E-state index in [9.17, 15) is 24.2 Å². The van der Waals surface area contributed by atoms with Gasteiger partial charge in [0.1, 0.15) is 24.2 Å². The Morgan fingerprint density at radius 3 is 2.45 bits per heavy atom. The summed E-state index contributed by atoms with van der Waals surface area (Å²) in [4.78, 5) is 40.6. The fraction of sp³-hybridized carbons (Fsp3) is 0.522. The van der Waals surface area contributed by atoms with Crippen molar-refractivity contribution in [2.24, 2.45) is 0 Å². The van der Waals surface area contributed by atoms with Crippen LogP contribution in [-0.4, -0.2) is 75.2 Å². The Kier molecular flexibility index (Phi) is 10.0. The summed E-state index contributed by atoms with van der Waals surface area (Å²) in [6.45, 7) is 1.71. The van der Waals surface area contributed by atoms with Gasteiger partial charge in [-0.05, 0) is 42.1 Å². The molecule has 5 unspecified atom stereocenters. The molecule has 0 amide bonds. The van der Waals surface area contributed by atoms with Gasteiger partial charge in [-0.3, -0.25) is 13.7 Å². The number of imidazole rings is 1. The first-order valence-electron chi connectivity index (χ1n) is 12.8. The number of unbranched alkanes of at least 4 members (excludes halogenated alkanes) is 3. The summed E-state index contributed by atoms with van der Waals surface area (Å²) in [6.07, 6.45) is 1.70. The number of nitrogens with zero attached hydrogens (tertiary/aromatic N) is 4. The smallest absolute Gasteiger partial charge is 0.336 e. The lowest BCUT2D eigenvalue weighted by Gasteiger charge is -2.19.